The topological polar surface area (TPSA) is 121 Å². The van der Waals surface area contributed by atoms with Crippen LogP contribution in [-0.2, 0) is 19.1 Å². The van der Waals surface area contributed by atoms with Gasteiger partial charge in [0.1, 0.15) is 6.61 Å². The van der Waals surface area contributed by atoms with E-state index in [-0.39, 0.29) is 99.4 Å². The maximum atomic E-state index is 11.2. The van der Waals surface area contributed by atoms with Gasteiger partial charge in [-0.05, 0) is 12.8 Å². The van der Waals surface area contributed by atoms with Crippen molar-refractivity contribution >= 4 is 17.9 Å². The standard InChI is InChI=1S/C15H26O7.3Na.3H/c1-2-3-4-5-6-7-8-9-10-15(13(18)19,14(20)21)22-11-12(16)17;;;;;;/h2-11H2,1H3,(H,16,17)(H,18,19)(H,20,21);;;;;;/q;3*+1;3*-1. The van der Waals surface area contributed by atoms with Gasteiger partial charge in [-0.15, -0.1) is 0 Å². The van der Waals surface area contributed by atoms with Crippen LogP contribution in [0.25, 0.3) is 0 Å². The number of aliphatic carboxylic acids is 3. The van der Waals surface area contributed by atoms with Gasteiger partial charge in [-0.3, -0.25) is 0 Å². The Balaban J connectivity index is -0.000000147. The molecule has 0 aliphatic heterocycles. The largest absolute Gasteiger partial charge is 1.00 e. The molecular weight excluding hydrogens is 361 g/mol. The molecule has 0 rings (SSSR count). The van der Waals surface area contributed by atoms with E-state index in [9.17, 15) is 14.4 Å². The molecule has 0 fully saturated rings. The molecule has 134 valence electrons. The smallest absolute Gasteiger partial charge is 1.00 e. The second-order valence-corrected chi connectivity index (χ2v) is 5.34. The van der Waals surface area contributed by atoms with Crippen LogP contribution in [-0.4, -0.2) is 45.4 Å². The molecule has 0 saturated heterocycles. The van der Waals surface area contributed by atoms with Gasteiger partial charge in [0.25, 0.3) is 5.60 Å². The SMILES string of the molecule is CCCCCCCCCCC(OCC(=O)O)(C(=O)O)C(=O)O.[H-].[H-].[H-].[Na+].[Na+].[Na+]. The molecule has 3 N–H and O–H groups in total. The van der Waals surface area contributed by atoms with Crippen molar-refractivity contribution < 1.29 is 127 Å². The van der Waals surface area contributed by atoms with Crippen LogP contribution in [0.4, 0.5) is 0 Å². The van der Waals surface area contributed by atoms with E-state index < -0.39 is 30.1 Å². The van der Waals surface area contributed by atoms with Crippen LogP contribution in [0.5, 0.6) is 0 Å². The molecule has 0 aliphatic carbocycles. The van der Waals surface area contributed by atoms with Gasteiger partial charge in [-0.25, -0.2) is 14.4 Å². The maximum absolute atomic E-state index is 11.2. The first-order valence-corrected chi connectivity index (χ1v) is 7.69. The van der Waals surface area contributed by atoms with Gasteiger partial charge in [-0.2, -0.15) is 0 Å². The third kappa shape index (κ3) is 15.0. The van der Waals surface area contributed by atoms with Gasteiger partial charge in [0, 0.05) is 0 Å². The molecule has 0 unspecified atom stereocenters. The van der Waals surface area contributed by atoms with Crippen LogP contribution in [0, 0.1) is 0 Å². The maximum Gasteiger partial charge on any atom is 1.00 e. The van der Waals surface area contributed by atoms with Gasteiger partial charge in [0.05, 0.1) is 0 Å². The van der Waals surface area contributed by atoms with E-state index in [1.165, 1.54) is 19.3 Å². The average molecular weight is 390 g/mol. The fourth-order valence-corrected chi connectivity index (χ4v) is 2.19. The molecule has 0 aliphatic rings. The number of ether oxygens (including phenoxy) is 1. The van der Waals surface area contributed by atoms with Gasteiger partial charge in [0.2, 0.25) is 0 Å². The molecule has 0 aromatic heterocycles. The second-order valence-electron chi connectivity index (χ2n) is 5.34. The van der Waals surface area contributed by atoms with Crippen LogP contribution in [0.15, 0.2) is 0 Å². The van der Waals surface area contributed by atoms with Gasteiger partial charge in [-0.1, -0.05) is 51.9 Å². The zero-order valence-electron chi connectivity index (χ0n) is 19.0. The first-order chi connectivity index (χ1) is 10.4. The Hall–Kier alpha value is 1.37. The number of hydrogen-bond acceptors (Lipinski definition) is 4. The van der Waals surface area contributed by atoms with Gasteiger partial charge in [0.15, 0.2) is 0 Å². The minimum Gasteiger partial charge on any atom is -1.00 e. The number of carbonyl (C=O) groups is 3. The summed E-state index contributed by atoms with van der Waals surface area (Å²) in [4.78, 5) is 32.9. The summed E-state index contributed by atoms with van der Waals surface area (Å²) in [6.45, 7) is 1.18. The molecule has 7 nitrogen and oxygen atoms in total. The predicted molar refractivity (Wildman–Crippen MR) is 82.2 cm³/mol. The molecule has 10 heteroatoms. The Kier molecular flexibility index (Phi) is 27.3. The average Bonchev–Trinajstić information content (AvgIpc) is 2.44. The first-order valence-electron chi connectivity index (χ1n) is 7.69. The van der Waals surface area contributed by atoms with E-state index in [0.717, 1.165) is 19.3 Å². The van der Waals surface area contributed by atoms with E-state index >= 15 is 0 Å². The number of unbranched alkanes of at least 4 members (excludes halogenated alkanes) is 7. The van der Waals surface area contributed by atoms with E-state index in [1.54, 1.807) is 0 Å². The number of carboxylic acids is 3. The molecule has 0 radical (unpaired) electrons. The Morgan fingerprint density at radius 2 is 1.20 bits per heavy atom. The summed E-state index contributed by atoms with van der Waals surface area (Å²) in [5.41, 5.74) is -2.47. The molecule has 0 spiro atoms. The zero-order chi connectivity index (χ0) is 17.0. The molecule has 0 bridgehead atoms. The summed E-state index contributed by atoms with van der Waals surface area (Å²) in [6, 6.07) is 0. The summed E-state index contributed by atoms with van der Waals surface area (Å²) in [5, 5.41) is 26.8. The van der Waals surface area contributed by atoms with Gasteiger partial charge >= 0.3 is 107 Å². The van der Waals surface area contributed by atoms with E-state index in [2.05, 4.69) is 11.7 Å². The summed E-state index contributed by atoms with van der Waals surface area (Å²) in [5.74, 6) is -4.73. The van der Waals surface area contributed by atoms with Crippen LogP contribution >= 0.6 is 0 Å². The van der Waals surface area contributed by atoms with Crippen molar-refractivity contribution in [3.63, 3.8) is 0 Å². The summed E-state index contributed by atoms with van der Waals surface area (Å²) >= 11 is 0. The van der Waals surface area contributed by atoms with Crippen LogP contribution in [0.1, 0.15) is 69.0 Å². The van der Waals surface area contributed by atoms with Crippen molar-refractivity contribution in [3.8, 4) is 0 Å². The van der Waals surface area contributed by atoms with Crippen LogP contribution < -0.4 is 88.7 Å². The minimum absolute atomic E-state index is 0. The molecule has 25 heavy (non-hydrogen) atoms. The van der Waals surface area contributed by atoms with E-state index in [0.29, 0.717) is 12.8 Å². The molecule has 0 heterocycles. The van der Waals surface area contributed by atoms with Crippen molar-refractivity contribution in [2.45, 2.75) is 70.3 Å². The summed E-state index contributed by atoms with van der Waals surface area (Å²) < 4.78 is 4.68. The molecule has 0 atom stereocenters. The fourth-order valence-electron chi connectivity index (χ4n) is 2.19. The van der Waals surface area contributed by atoms with Crippen molar-refractivity contribution in [1.29, 1.82) is 0 Å². The van der Waals surface area contributed by atoms with Crippen molar-refractivity contribution in [3.05, 3.63) is 0 Å². The first kappa shape index (κ1) is 33.9. The Labute approximate surface area is 220 Å². The molecular formula is C15H29Na3O7. The quantitative estimate of drug-likeness (QED) is 0.153. The van der Waals surface area contributed by atoms with Crippen molar-refractivity contribution in [1.82, 2.24) is 0 Å². The molecule has 0 amide bonds. The van der Waals surface area contributed by atoms with Crippen molar-refractivity contribution in [2.24, 2.45) is 0 Å². The Morgan fingerprint density at radius 1 is 0.800 bits per heavy atom. The molecule has 0 aromatic rings. The monoisotopic (exact) mass is 390 g/mol. The normalized spacial score (nSPS) is 9.96. The molecule has 0 aromatic carbocycles. The van der Waals surface area contributed by atoms with E-state index in [1.807, 2.05) is 0 Å². The van der Waals surface area contributed by atoms with Gasteiger partial charge < -0.3 is 24.3 Å². The molecule has 0 saturated carbocycles. The fraction of sp³-hybridized carbons (Fsp3) is 0.800. The minimum atomic E-state index is -2.47. The Morgan fingerprint density at radius 3 is 1.56 bits per heavy atom. The van der Waals surface area contributed by atoms with E-state index in [4.69, 9.17) is 15.3 Å². The van der Waals surface area contributed by atoms with Crippen molar-refractivity contribution in [2.75, 3.05) is 6.61 Å². The predicted octanol–water partition coefficient (Wildman–Crippen LogP) is -6.12. The van der Waals surface area contributed by atoms with Crippen LogP contribution in [0.3, 0.4) is 0 Å². The third-order valence-electron chi connectivity index (χ3n) is 3.52. The van der Waals surface area contributed by atoms with Crippen LogP contribution in [0.2, 0.25) is 0 Å². The number of hydrogen-bond donors (Lipinski definition) is 3. The number of rotatable bonds is 14. The zero-order valence-corrected chi connectivity index (χ0v) is 22.0. The Bertz CT molecular complexity index is 378. The summed E-state index contributed by atoms with van der Waals surface area (Å²) in [6.07, 6.45) is 7.42. The second kappa shape index (κ2) is 20.1. The summed E-state index contributed by atoms with van der Waals surface area (Å²) in [7, 11) is 0. The number of carboxylic acid groups (broad SMARTS) is 3. The third-order valence-corrected chi connectivity index (χ3v) is 3.52.